The van der Waals surface area contributed by atoms with E-state index in [0.29, 0.717) is 13.2 Å². The van der Waals surface area contributed by atoms with Crippen LogP contribution in [0.3, 0.4) is 0 Å². The van der Waals surface area contributed by atoms with Crippen LogP contribution < -0.4 is 5.73 Å². The van der Waals surface area contributed by atoms with Crippen molar-refractivity contribution in [3.8, 4) is 0 Å². The third-order valence-corrected chi connectivity index (χ3v) is 4.85. The quantitative estimate of drug-likeness (QED) is 0.776. The zero-order chi connectivity index (χ0) is 11.5. The predicted octanol–water partition coefficient (Wildman–Crippen LogP) is 0.196. The van der Waals surface area contributed by atoms with Gasteiger partial charge in [-0.1, -0.05) is 0 Å². The molecule has 0 amide bonds. The van der Waals surface area contributed by atoms with Crippen LogP contribution in [0.2, 0.25) is 0 Å². The van der Waals surface area contributed by atoms with Gasteiger partial charge in [0.15, 0.2) is 0 Å². The predicted molar refractivity (Wildman–Crippen MR) is 66.3 cm³/mol. The Morgan fingerprint density at radius 2 is 2.19 bits per heavy atom. The summed E-state index contributed by atoms with van der Waals surface area (Å²) in [7, 11) is -1.66. The van der Waals surface area contributed by atoms with Gasteiger partial charge in [0.25, 0.3) is 0 Å². The van der Waals surface area contributed by atoms with Crippen molar-refractivity contribution in [2.24, 2.45) is 5.73 Å². The van der Waals surface area contributed by atoms with Crippen molar-refractivity contribution in [1.82, 2.24) is 4.31 Å². The lowest BCUT2D eigenvalue weighted by molar-refractivity contribution is 0.126. The number of ether oxygens (including phenoxy) is 1. The van der Waals surface area contributed by atoms with Crippen LogP contribution in [-0.4, -0.2) is 50.8 Å². The first-order chi connectivity index (χ1) is 6.97. The Hall–Kier alpha value is 0.120. The second-order valence-electron chi connectivity index (χ2n) is 4.01. The van der Waals surface area contributed by atoms with Crippen molar-refractivity contribution < 1.29 is 13.2 Å². The molecule has 1 heterocycles. The monoisotopic (exact) mass is 272 g/mol. The molecule has 7 heteroatoms. The van der Waals surface area contributed by atoms with E-state index in [-0.39, 0.29) is 30.3 Å². The molecule has 2 atom stereocenters. The van der Waals surface area contributed by atoms with E-state index >= 15 is 0 Å². The molecule has 2 N–H and O–H groups in total. The van der Waals surface area contributed by atoms with Gasteiger partial charge in [-0.15, -0.1) is 12.4 Å². The molecule has 0 aliphatic carbocycles. The molecule has 1 aliphatic heterocycles. The van der Waals surface area contributed by atoms with E-state index in [1.807, 2.05) is 0 Å². The Balaban J connectivity index is 0.00000225. The van der Waals surface area contributed by atoms with Crippen LogP contribution in [0.4, 0.5) is 0 Å². The second kappa shape index (κ2) is 6.76. The van der Waals surface area contributed by atoms with Gasteiger partial charge in [0, 0.05) is 26.2 Å². The molecule has 1 rings (SSSR count). The van der Waals surface area contributed by atoms with E-state index in [0.717, 1.165) is 12.8 Å². The zero-order valence-electron chi connectivity index (χ0n) is 9.76. The van der Waals surface area contributed by atoms with Gasteiger partial charge in [-0.05, 0) is 19.8 Å². The highest BCUT2D eigenvalue weighted by molar-refractivity contribution is 7.89. The van der Waals surface area contributed by atoms with Gasteiger partial charge in [-0.25, -0.2) is 12.7 Å². The molecule has 0 aromatic heterocycles. The molecule has 0 spiro atoms. The van der Waals surface area contributed by atoms with E-state index in [4.69, 9.17) is 10.5 Å². The molecule has 16 heavy (non-hydrogen) atoms. The van der Waals surface area contributed by atoms with E-state index in [9.17, 15) is 8.42 Å². The van der Waals surface area contributed by atoms with Crippen LogP contribution >= 0.6 is 12.4 Å². The van der Waals surface area contributed by atoms with E-state index < -0.39 is 10.0 Å². The molecule has 5 nitrogen and oxygen atoms in total. The van der Waals surface area contributed by atoms with Crippen molar-refractivity contribution in [3.63, 3.8) is 0 Å². The maximum Gasteiger partial charge on any atom is 0.216 e. The SMILES string of the molecule is CC(CN)N(C)S(=O)(=O)CC1CCCO1.Cl. The summed E-state index contributed by atoms with van der Waals surface area (Å²) in [5.41, 5.74) is 5.44. The van der Waals surface area contributed by atoms with Gasteiger partial charge in [-0.2, -0.15) is 0 Å². The summed E-state index contributed by atoms with van der Waals surface area (Å²) in [6.07, 6.45) is 1.66. The summed E-state index contributed by atoms with van der Waals surface area (Å²) in [4.78, 5) is 0. The summed E-state index contributed by atoms with van der Waals surface area (Å²) in [5, 5.41) is 0. The number of rotatable bonds is 5. The number of nitrogens with two attached hydrogens (primary N) is 1. The van der Waals surface area contributed by atoms with Crippen molar-refractivity contribution in [1.29, 1.82) is 0 Å². The molecule has 0 aromatic rings. The first kappa shape index (κ1) is 16.1. The maximum atomic E-state index is 11.9. The van der Waals surface area contributed by atoms with Gasteiger partial charge < -0.3 is 10.5 Å². The van der Waals surface area contributed by atoms with Crippen LogP contribution in [0, 0.1) is 0 Å². The number of likely N-dealkylation sites (N-methyl/N-ethyl adjacent to an activating group) is 1. The Kier molecular flexibility index (Phi) is 6.81. The minimum absolute atomic E-state index is 0. The van der Waals surface area contributed by atoms with Crippen molar-refractivity contribution in [3.05, 3.63) is 0 Å². The average Bonchev–Trinajstić information content (AvgIpc) is 2.67. The fraction of sp³-hybridized carbons (Fsp3) is 1.00. The number of sulfonamides is 1. The maximum absolute atomic E-state index is 11.9. The Morgan fingerprint density at radius 3 is 2.62 bits per heavy atom. The largest absolute Gasteiger partial charge is 0.377 e. The second-order valence-corrected chi connectivity index (χ2v) is 6.09. The first-order valence-corrected chi connectivity index (χ1v) is 6.85. The van der Waals surface area contributed by atoms with Crippen molar-refractivity contribution in [2.75, 3.05) is 26.0 Å². The Labute approximate surface area is 104 Å². The van der Waals surface area contributed by atoms with Crippen LogP contribution in [0.15, 0.2) is 0 Å². The van der Waals surface area contributed by atoms with Crippen LogP contribution in [0.25, 0.3) is 0 Å². The Morgan fingerprint density at radius 1 is 1.56 bits per heavy atom. The van der Waals surface area contributed by atoms with Crippen molar-refractivity contribution >= 4 is 22.4 Å². The summed E-state index contributed by atoms with van der Waals surface area (Å²) < 4.78 is 30.4. The van der Waals surface area contributed by atoms with E-state index in [2.05, 4.69) is 0 Å². The number of hydrogen-bond acceptors (Lipinski definition) is 4. The first-order valence-electron chi connectivity index (χ1n) is 5.24. The number of hydrogen-bond donors (Lipinski definition) is 1. The molecule has 0 saturated carbocycles. The van der Waals surface area contributed by atoms with Crippen molar-refractivity contribution in [2.45, 2.75) is 31.9 Å². The average molecular weight is 273 g/mol. The molecule has 0 radical (unpaired) electrons. The molecule has 1 aliphatic rings. The van der Waals surface area contributed by atoms with Crippen LogP contribution in [-0.2, 0) is 14.8 Å². The van der Waals surface area contributed by atoms with E-state index in [1.54, 1.807) is 14.0 Å². The van der Waals surface area contributed by atoms with E-state index in [1.165, 1.54) is 4.31 Å². The summed E-state index contributed by atoms with van der Waals surface area (Å²) in [5.74, 6) is 0.0772. The fourth-order valence-corrected chi connectivity index (χ4v) is 3.15. The lowest BCUT2D eigenvalue weighted by atomic mass is 10.3. The minimum atomic E-state index is -3.23. The van der Waals surface area contributed by atoms with Gasteiger partial charge in [0.1, 0.15) is 0 Å². The van der Waals surface area contributed by atoms with Crippen LogP contribution in [0.1, 0.15) is 19.8 Å². The molecule has 0 aromatic carbocycles. The summed E-state index contributed by atoms with van der Waals surface area (Å²) in [6, 6.07) is -0.156. The normalized spacial score (nSPS) is 23.1. The topological polar surface area (TPSA) is 72.6 Å². The summed E-state index contributed by atoms with van der Waals surface area (Å²) in [6.45, 7) is 2.81. The molecule has 0 bridgehead atoms. The fourth-order valence-electron chi connectivity index (χ4n) is 1.55. The van der Waals surface area contributed by atoms with Gasteiger partial charge in [0.05, 0.1) is 11.9 Å². The molecular formula is C9H21ClN2O3S. The molecule has 1 saturated heterocycles. The molecule has 98 valence electrons. The Bertz CT molecular complexity index is 291. The smallest absolute Gasteiger partial charge is 0.216 e. The highest BCUT2D eigenvalue weighted by Gasteiger charge is 2.28. The molecule has 1 fully saturated rings. The molecular weight excluding hydrogens is 252 g/mol. The highest BCUT2D eigenvalue weighted by Crippen LogP contribution is 2.16. The van der Waals surface area contributed by atoms with Gasteiger partial charge >= 0.3 is 0 Å². The third kappa shape index (κ3) is 4.18. The number of halogens is 1. The lowest BCUT2D eigenvalue weighted by Gasteiger charge is -2.24. The standard InChI is InChI=1S/C9H20N2O3S.ClH/c1-8(6-10)11(2)15(12,13)7-9-4-3-5-14-9;/h8-9H,3-7,10H2,1-2H3;1H. The molecule has 2 unspecified atom stereocenters. The minimum Gasteiger partial charge on any atom is -0.377 e. The lowest BCUT2D eigenvalue weighted by Crippen LogP contribution is -2.42. The van der Waals surface area contributed by atoms with Gasteiger partial charge in [0.2, 0.25) is 10.0 Å². The third-order valence-electron chi connectivity index (χ3n) is 2.82. The highest BCUT2D eigenvalue weighted by atomic mass is 35.5. The zero-order valence-corrected chi connectivity index (χ0v) is 11.4. The van der Waals surface area contributed by atoms with Crippen LogP contribution in [0.5, 0.6) is 0 Å². The number of nitrogens with zero attached hydrogens (tertiary/aromatic N) is 1. The summed E-state index contributed by atoms with van der Waals surface area (Å²) >= 11 is 0. The van der Waals surface area contributed by atoms with Gasteiger partial charge in [-0.3, -0.25) is 0 Å².